The summed E-state index contributed by atoms with van der Waals surface area (Å²) in [6.07, 6.45) is 1.68. The summed E-state index contributed by atoms with van der Waals surface area (Å²) in [5.41, 5.74) is 2.34. The zero-order valence-electron chi connectivity index (χ0n) is 13.8. The van der Waals surface area contributed by atoms with Crippen LogP contribution in [0, 0.1) is 0 Å². The Morgan fingerprint density at radius 2 is 1.76 bits per heavy atom. The Kier molecular flexibility index (Phi) is 5.46. The minimum absolute atomic E-state index is 0.169. The van der Waals surface area contributed by atoms with Crippen molar-refractivity contribution in [3.8, 4) is 0 Å². The average Bonchev–Trinajstić information content (AvgIpc) is 2.65. The molecule has 0 atom stereocenters. The fraction of sp³-hybridized carbons (Fsp3) is 0.100. The molecule has 0 bridgehead atoms. The molecule has 0 aliphatic rings. The van der Waals surface area contributed by atoms with Gasteiger partial charge in [0.15, 0.2) is 0 Å². The van der Waals surface area contributed by atoms with Crippen molar-refractivity contribution >= 4 is 39.0 Å². The third-order valence-electron chi connectivity index (χ3n) is 3.78. The first kappa shape index (κ1) is 17.2. The maximum absolute atomic E-state index is 12.4. The molecule has 1 N–H and O–H groups in total. The number of pyridine rings is 1. The van der Waals surface area contributed by atoms with Crippen LogP contribution < -0.4 is 10.2 Å². The molecule has 126 valence electrons. The summed E-state index contributed by atoms with van der Waals surface area (Å²) in [4.78, 5) is 19.0. The van der Waals surface area contributed by atoms with Gasteiger partial charge in [-0.1, -0.05) is 30.3 Å². The number of nitrogens with zero attached hydrogens (tertiary/aromatic N) is 2. The number of amides is 1. The Labute approximate surface area is 155 Å². The van der Waals surface area contributed by atoms with Crippen LogP contribution in [0.1, 0.15) is 17.3 Å². The van der Waals surface area contributed by atoms with Crippen molar-refractivity contribution in [2.45, 2.75) is 6.92 Å². The lowest BCUT2D eigenvalue weighted by Crippen LogP contribution is -2.17. The Balaban J connectivity index is 1.76. The fourth-order valence-electron chi connectivity index (χ4n) is 2.55. The first-order valence-electron chi connectivity index (χ1n) is 8.03. The van der Waals surface area contributed by atoms with Gasteiger partial charge in [-0.15, -0.1) is 0 Å². The fourth-order valence-corrected chi connectivity index (χ4v) is 3.01. The van der Waals surface area contributed by atoms with Crippen LogP contribution in [0.5, 0.6) is 0 Å². The van der Waals surface area contributed by atoms with Crippen LogP contribution in [0.2, 0.25) is 0 Å². The van der Waals surface area contributed by atoms with E-state index in [4.69, 9.17) is 0 Å². The Hall–Kier alpha value is -2.66. The first-order chi connectivity index (χ1) is 12.2. The monoisotopic (exact) mass is 395 g/mol. The second-order valence-electron chi connectivity index (χ2n) is 5.42. The average molecular weight is 396 g/mol. The predicted molar refractivity (Wildman–Crippen MR) is 105 cm³/mol. The molecular formula is C20H18BrN3O. The predicted octanol–water partition coefficient (Wildman–Crippen LogP) is 5.25. The summed E-state index contributed by atoms with van der Waals surface area (Å²) >= 11 is 3.39. The lowest BCUT2D eigenvalue weighted by molar-refractivity contribution is 0.102. The number of carbonyl (C=O) groups is 1. The minimum Gasteiger partial charge on any atom is -0.327 e. The maximum atomic E-state index is 12.4. The van der Waals surface area contributed by atoms with E-state index in [1.165, 1.54) is 0 Å². The number of hydrogen-bond donors (Lipinski definition) is 1. The van der Waals surface area contributed by atoms with Gasteiger partial charge in [0.1, 0.15) is 5.82 Å². The van der Waals surface area contributed by atoms with E-state index in [1.54, 1.807) is 12.3 Å². The highest BCUT2D eigenvalue weighted by Gasteiger charge is 2.11. The third kappa shape index (κ3) is 4.06. The number of benzene rings is 2. The van der Waals surface area contributed by atoms with Crippen molar-refractivity contribution in [1.82, 2.24) is 4.98 Å². The van der Waals surface area contributed by atoms with Crippen LogP contribution in [0.4, 0.5) is 17.2 Å². The first-order valence-corrected chi connectivity index (χ1v) is 8.83. The van der Waals surface area contributed by atoms with E-state index < -0.39 is 0 Å². The van der Waals surface area contributed by atoms with Crippen molar-refractivity contribution in [2.24, 2.45) is 0 Å². The van der Waals surface area contributed by atoms with Gasteiger partial charge in [-0.2, -0.15) is 0 Å². The molecule has 25 heavy (non-hydrogen) atoms. The molecule has 5 heteroatoms. The Morgan fingerprint density at radius 1 is 1.04 bits per heavy atom. The number of nitrogens with one attached hydrogen (secondary N) is 1. The van der Waals surface area contributed by atoms with Gasteiger partial charge in [0.25, 0.3) is 5.91 Å². The second kappa shape index (κ2) is 7.94. The lowest BCUT2D eigenvalue weighted by Gasteiger charge is -2.22. The summed E-state index contributed by atoms with van der Waals surface area (Å²) < 4.78 is 0.762. The Bertz CT molecular complexity index is 850. The van der Waals surface area contributed by atoms with Gasteiger partial charge in [-0.25, -0.2) is 4.98 Å². The number of carbonyl (C=O) groups excluding carboxylic acids is 1. The molecule has 1 amide bonds. The largest absolute Gasteiger partial charge is 0.327 e. The van der Waals surface area contributed by atoms with E-state index in [2.05, 4.69) is 38.1 Å². The van der Waals surface area contributed by atoms with Crippen LogP contribution in [-0.4, -0.2) is 17.4 Å². The van der Waals surface area contributed by atoms with Crippen LogP contribution in [0.25, 0.3) is 0 Å². The molecule has 0 aliphatic heterocycles. The van der Waals surface area contributed by atoms with Crippen molar-refractivity contribution in [2.75, 3.05) is 16.8 Å². The standard InChI is InChI=1S/C20H18BrN3O/c1-2-24(16-8-4-3-5-9-16)19-13-12-15(14-22-19)23-20(25)17-10-6-7-11-18(17)21/h3-14H,2H2,1H3,(H,23,25). The van der Waals surface area contributed by atoms with Gasteiger partial charge in [-0.05, 0) is 59.3 Å². The van der Waals surface area contributed by atoms with Gasteiger partial charge >= 0.3 is 0 Å². The van der Waals surface area contributed by atoms with E-state index in [0.717, 1.165) is 22.5 Å². The van der Waals surface area contributed by atoms with Crippen LogP contribution >= 0.6 is 15.9 Å². The normalized spacial score (nSPS) is 10.3. The molecule has 3 aromatic rings. The summed E-state index contributed by atoms with van der Waals surface area (Å²) in [6.45, 7) is 2.89. The molecule has 0 aliphatic carbocycles. The van der Waals surface area contributed by atoms with E-state index in [9.17, 15) is 4.79 Å². The summed E-state index contributed by atoms with van der Waals surface area (Å²) in [5, 5.41) is 2.87. The zero-order chi connectivity index (χ0) is 17.6. The Morgan fingerprint density at radius 3 is 2.40 bits per heavy atom. The quantitative estimate of drug-likeness (QED) is 0.640. The molecule has 1 aromatic heterocycles. The number of para-hydroxylation sites is 1. The van der Waals surface area contributed by atoms with Gasteiger partial charge in [-0.3, -0.25) is 4.79 Å². The molecule has 0 radical (unpaired) electrons. The SMILES string of the molecule is CCN(c1ccccc1)c1ccc(NC(=O)c2ccccc2Br)cn1. The number of hydrogen-bond acceptors (Lipinski definition) is 3. The highest BCUT2D eigenvalue weighted by Crippen LogP contribution is 2.24. The smallest absolute Gasteiger partial charge is 0.256 e. The summed E-state index contributed by atoms with van der Waals surface area (Å²) in [7, 11) is 0. The molecule has 3 rings (SSSR count). The van der Waals surface area contributed by atoms with Gasteiger partial charge < -0.3 is 10.2 Å². The minimum atomic E-state index is -0.169. The van der Waals surface area contributed by atoms with Crippen LogP contribution in [0.15, 0.2) is 77.4 Å². The molecule has 1 heterocycles. The topological polar surface area (TPSA) is 45.2 Å². The molecule has 4 nitrogen and oxygen atoms in total. The molecule has 2 aromatic carbocycles. The van der Waals surface area contributed by atoms with Gasteiger partial charge in [0.05, 0.1) is 17.4 Å². The molecule has 0 spiro atoms. The van der Waals surface area contributed by atoms with Crippen molar-refractivity contribution < 1.29 is 4.79 Å². The van der Waals surface area contributed by atoms with Crippen molar-refractivity contribution in [1.29, 1.82) is 0 Å². The van der Waals surface area contributed by atoms with Crippen LogP contribution in [-0.2, 0) is 0 Å². The number of aromatic nitrogens is 1. The number of rotatable bonds is 5. The van der Waals surface area contributed by atoms with E-state index in [0.29, 0.717) is 11.3 Å². The second-order valence-corrected chi connectivity index (χ2v) is 6.27. The number of anilines is 3. The highest BCUT2D eigenvalue weighted by atomic mass is 79.9. The molecule has 0 fully saturated rings. The van der Waals surface area contributed by atoms with Gasteiger partial charge in [0, 0.05) is 16.7 Å². The maximum Gasteiger partial charge on any atom is 0.256 e. The van der Waals surface area contributed by atoms with Crippen molar-refractivity contribution in [3.63, 3.8) is 0 Å². The zero-order valence-corrected chi connectivity index (χ0v) is 15.4. The molecule has 0 saturated heterocycles. The number of halogens is 1. The summed E-state index contributed by atoms with van der Waals surface area (Å²) in [6, 6.07) is 21.2. The molecular weight excluding hydrogens is 378 g/mol. The van der Waals surface area contributed by atoms with Gasteiger partial charge in [0.2, 0.25) is 0 Å². The molecule has 0 unspecified atom stereocenters. The van der Waals surface area contributed by atoms with Crippen molar-refractivity contribution in [3.05, 3.63) is 83.0 Å². The van der Waals surface area contributed by atoms with E-state index >= 15 is 0 Å². The van der Waals surface area contributed by atoms with Crippen LogP contribution in [0.3, 0.4) is 0 Å². The highest BCUT2D eigenvalue weighted by molar-refractivity contribution is 9.10. The summed E-state index contributed by atoms with van der Waals surface area (Å²) in [5.74, 6) is 0.671. The van der Waals surface area contributed by atoms with E-state index in [-0.39, 0.29) is 5.91 Å². The molecule has 0 saturated carbocycles. The lowest BCUT2D eigenvalue weighted by atomic mass is 10.2. The third-order valence-corrected chi connectivity index (χ3v) is 4.48. The van der Waals surface area contributed by atoms with E-state index in [1.807, 2.05) is 60.7 Å².